The second-order valence-corrected chi connectivity index (χ2v) is 23.5. The molecule has 0 bridgehead atoms. The maximum atomic E-state index is 14.6. The second kappa shape index (κ2) is 20.4. The molecule has 59 heavy (non-hydrogen) atoms. The quantitative estimate of drug-likeness (QED) is 0.0585. The van der Waals surface area contributed by atoms with E-state index in [1.165, 1.54) is 10.4 Å². The van der Waals surface area contributed by atoms with Crippen molar-refractivity contribution in [2.45, 2.75) is 143 Å². The van der Waals surface area contributed by atoms with Crippen molar-refractivity contribution in [1.29, 1.82) is 0 Å². The van der Waals surface area contributed by atoms with Gasteiger partial charge >= 0.3 is 12.1 Å². The maximum Gasteiger partial charge on any atom is 0.407 e. The van der Waals surface area contributed by atoms with E-state index in [1.807, 2.05) is 49.4 Å². The van der Waals surface area contributed by atoms with Crippen LogP contribution in [0.4, 0.5) is 4.79 Å². The number of ketones is 2. The van der Waals surface area contributed by atoms with Crippen LogP contribution >= 0.6 is 0 Å². The molecule has 1 N–H and O–H groups in total. The number of hydrogen-bond donors (Lipinski definition) is 1. The normalized spacial score (nSPS) is 20.2. The molecule has 1 fully saturated rings. The molecule has 0 aliphatic heterocycles. The van der Waals surface area contributed by atoms with E-state index in [9.17, 15) is 19.2 Å². The first-order valence-corrected chi connectivity index (χ1v) is 23.3. The third-order valence-electron chi connectivity index (χ3n) is 11.1. The Bertz CT molecular complexity index is 1770. The van der Waals surface area contributed by atoms with E-state index in [0.29, 0.717) is 19.4 Å². The van der Waals surface area contributed by atoms with Crippen LogP contribution in [0.5, 0.6) is 0 Å². The van der Waals surface area contributed by atoms with E-state index >= 15 is 0 Å². The minimum absolute atomic E-state index is 0.0240. The fraction of sp³-hybridized carbons (Fsp3) is 0.551. The molecule has 10 heteroatoms. The monoisotopic (exact) mass is 827 g/mol. The first-order chi connectivity index (χ1) is 27.7. The average Bonchev–Trinajstić information content (AvgIpc) is 3.15. The molecule has 0 unspecified atom stereocenters. The van der Waals surface area contributed by atoms with E-state index in [2.05, 4.69) is 74.6 Å². The van der Waals surface area contributed by atoms with Crippen molar-refractivity contribution in [2.24, 2.45) is 17.3 Å². The highest BCUT2D eigenvalue weighted by atomic mass is 28.4. The Hall–Kier alpha value is -4.12. The van der Waals surface area contributed by atoms with Crippen molar-refractivity contribution in [3.8, 4) is 0 Å². The third-order valence-corrected chi connectivity index (χ3v) is 16.1. The number of esters is 1. The Labute approximate surface area is 354 Å². The minimum Gasteiger partial charge on any atom is -0.459 e. The Morgan fingerprint density at radius 1 is 0.746 bits per heavy atom. The largest absolute Gasteiger partial charge is 0.459 e. The van der Waals surface area contributed by atoms with Gasteiger partial charge in [0, 0.05) is 38.3 Å². The van der Waals surface area contributed by atoms with Crippen molar-refractivity contribution in [3.05, 3.63) is 96.6 Å². The van der Waals surface area contributed by atoms with Crippen molar-refractivity contribution in [3.63, 3.8) is 0 Å². The first kappa shape index (κ1) is 47.6. The molecular formula is C49H69NO8Si. The summed E-state index contributed by atoms with van der Waals surface area (Å²) in [6, 6.07) is 30.7. The smallest absolute Gasteiger partial charge is 0.407 e. The number of Topliss-reactive ketones (excluding diaryl/α,β-unsaturated/α-hetero) is 2. The molecule has 1 aliphatic rings. The number of rotatable bonds is 18. The molecule has 1 saturated carbocycles. The van der Waals surface area contributed by atoms with E-state index < -0.39 is 49.0 Å². The highest BCUT2D eigenvalue weighted by Gasteiger charge is 2.60. The first-order valence-electron chi connectivity index (χ1n) is 21.4. The maximum absolute atomic E-state index is 14.6. The van der Waals surface area contributed by atoms with Crippen molar-refractivity contribution in [2.75, 3.05) is 13.2 Å². The van der Waals surface area contributed by atoms with Crippen LogP contribution in [-0.2, 0) is 39.6 Å². The Morgan fingerprint density at radius 3 is 1.81 bits per heavy atom. The van der Waals surface area contributed by atoms with Gasteiger partial charge in [0.05, 0.1) is 12.7 Å². The molecule has 0 radical (unpaired) electrons. The molecular weight excluding hydrogens is 759 g/mol. The summed E-state index contributed by atoms with van der Waals surface area (Å²) in [5, 5.41) is 5.00. The lowest BCUT2D eigenvalue weighted by atomic mass is 9.57. The zero-order chi connectivity index (χ0) is 43.5. The minimum atomic E-state index is -2.73. The van der Waals surface area contributed by atoms with Crippen molar-refractivity contribution >= 4 is 42.3 Å². The predicted octanol–water partition coefficient (Wildman–Crippen LogP) is 9.14. The van der Waals surface area contributed by atoms with Gasteiger partial charge in [-0.15, -0.1) is 0 Å². The molecule has 0 spiro atoms. The summed E-state index contributed by atoms with van der Waals surface area (Å²) in [7, 11) is -2.73. The predicted molar refractivity (Wildman–Crippen MR) is 236 cm³/mol. The van der Waals surface area contributed by atoms with Crippen LogP contribution in [0.2, 0.25) is 5.04 Å². The SMILES string of the molecule is C[C@H]1CC(=O)[C@@](CCCNC(=O)OC(C)(C)C)(C(=O)OC(C)(C)C)[C@@H](CC(=O)CCCCO[Si](c2ccccc2)(c2ccccc2)C(C)(C)C)[C@@H]1OCc1ccccc1. The van der Waals surface area contributed by atoms with E-state index in [0.717, 1.165) is 5.56 Å². The summed E-state index contributed by atoms with van der Waals surface area (Å²) in [4.78, 5) is 55.8. The van der Waals surface area contributed by atoms with E-state index in [4.69, 9.17) is 18.6 Å². The number of ether oxygens (including phenoxy) is 3. The summed E-state index contributed by atoms with van der Waals surface area (Å²) in [6.45, 7) is 20.3. The lowest BCUT2D eigenvalue weighted by Gasteiger charge is -2.48. The van der Waals surface area contributed by atoms with Gasteiger partial charge in [-0.3, -0.25) is 14.4 Å². The molecule has 1 amide bonds. The Balaban J connectivity index is 1.59. The number of alkyl carbamates (subject to hydrolysis) is 1. The van der Waals surface area contributed by atoms with Crippen LogP contribution in [0.25, 0.3) is 0 Å². The molecule has 9 nitrogen and oxygen atoms in total. The topological polar surface area (TPSA) is 117 Å². The van der Waals surface area contributed by atoms with Gasteiger partial charge in [-0.1, -0.05) is 119 Å². The third kappa shape index (κ3) is 12.7. The van der Waals surface area contributed by atoms with Gasteiger partial charge in [0.25, 0.3) is 8.32 Å². The lowest BCUT2D eigenvalue weighted by Crippen LogP contribution is -2.66. The van der Waals surface area contributed by atoms with Crippen LogP contribution in [-0.4, -0.2) is 62.4 Å². The number of hydrogen-bond acceptors (Lipinski definition) is 8. The van der Waals surface area contributed by atoms with Gasteiger partial charge in [-0.05, 0) is 94.1 Å². The molecule has 3 aromatic carbocycles. The molecule has 4 atom stereocenters. The van der Waals surface area contributed by atoms with Gasteiger partial charge in [0.1, 0.15) is 22.4 Å². The number of nitrogens with one attached hydrogen (secondary N) is 1. The van der Waals surface area contributed by atoms with Gasteiger partial charge in [-0.25, -0.2) is 4.79 Å². The van der Waals surface area contributed by atoms with Gasteiger partial charge in [0.2, 0.25) is 0 Å². The molecule has 4 rings (SSSR count). The zero-order valence-electron chi connectivity index (χ0n) is 37.2. The highest BCUT2D eigenvalue weighted by Crippen LogP contribution is 2.49. The summed E-state index contributed by atoms with van der Waals surface area (Å²) in [6.07, 6.45) is 0.793. The summed E-state index contributed by atoms with van der Waals surface area (Å²) < 4.78 is 25.2. The fourth-order valence-electron chi connectivity index (χ4n) is 8.50. The summed E-state index contributed by atoms with van der Waals surface area (Å²) in [5.41, 5.74) is -2.27. The van der Waals surface area contributed by atoms with Crippen LogP contribution in [0.15, 0.2) is 91.0 Å². The standard InChI is InChI=1S/C49H69NO8Si/c1-36-33-42(52)49(44(53)57-46(2,3)4,30-22-31-50-45(54)58-47(5,6)7)41(43(36)55-35-37-23-14-11-15-24-37)34-38(51)25-20-21-32-56-59(48(8,9)10,39-26-16-12-17-27-39)40-28-18-13-19-29-40/h11-19,23-24,26-29,36,41,43H,20-22,25,30-35H2,1-10H3,(H,50,54)/t36-,41-,43+,49-/m0/s1. The van der Waals surface area contributed by atoms with Gasteiger partial charge in [0.15, 0.2) is 5.78 Å². The van der Waals surface area contributed by atoms with Crippen LogP contribution in [0.1, 0.15) is 120 Å². The van der Waals surface area contributed by atoms with Crippen molar-refractivity contribution in [1.82, 2.24) is 5.32 Å². The second-order valence-electron chi connectivity index (χ2n) is 19.2. The number of unbranched alkanes of at least 4 members (excludes halogenated alkanes) is 1. The summed E-state index contributed by atoms with van der Waals surface area (Å²) in [5.74, 6) is -1.98. The zero-order valence-corrected chi connectivity index (χ0v) is 38.2. The Morgan fingerprint density at radius 2 is 1.29 bits per heavy atom. The molecule has 0 saturated heterocycles. The van der Waals surface area contributed by atoms with Gasteiger partial charge in [-0.2, -0.15) is 0 Å². The van der Waals surface area contributed by atoms with Crippen molar-refractivity contribution < 1.29 is 37.8 Å². The molecule has 322 valence electrons. The average molecular weight is 828 g/mol. The van der Waals surface area contributed by atoms with Crippen LogP contribution in [0.3, 0.4) is 0 Å². The fourth-order valence-corrected chi connectivity index (χ4v) is 13.1. The summed E-state index contributed by atoms with van der Waals surface area (Å²) >= 11 is 0. The highest BCUT2D eigenvalue weighted by molar-refractivity contribution is 6.99. The van der Waals surface area contributed by atoms with E-state index in [1.54, 1.807) is 41.5 Å². The number of carbonyl (C=O) groups is 4. The number of benzene rings is 3. The van der Waals surface area contributed by atoms with Gasteiger partial charge < -0.3 is 24.0 Å². The number of carbonyl (C=O) groups excluding carboxylic acids is 4. The number of amides is 1. The molecule has 1 aliphatic carbocycles. The van der Waals surface area contributed by atoms with Crippen LogP contribution in [0, 0.1) is 17.3 Å². The lowest BCUT2D eigenvalue weighted by molar-refractivity contribution is -0.189. The van der Waals surface area contributed by atoms with E-state index in [-0.39, 0.29) is 67.8 Å². The molecule has 0 aromatic heterocycles. The molecule has 0 heterocycles. The molecule has 3 aromatic rings. The van der Waals surface area contributed by atoms with Crippen LogP contribution < -0.4 is 15.7 Å². The Kier molecular flexibility index (Phi) is 16.5.